The lowest BCUT2D eigenvalue weighted by Gasteiger charge is -2.21. The summed E-state index contributed by atoms with van der Waals surface area (Å²) in [6.07, 6.45) is 0. The number of hydrogen-bond donors (Lipinski definition) is 2. The minimum absolute atomic E-state index is 0.259. The van der Waals surface area contributed by atoms with E-state index >= 15 is 0 Å². The Kier molecular flexibility index (Phi) is 7.41. The first-order valence-electron chi connectivity index (χ1n) is 8.77. The minimum Gasteiger partial charge on any atom is -0.494 e. The molecule has 0 aliphatic rings. The summed E-state index contributed by atoms with van der Waals surface area (Å²) in [6, 6.07) is 14.9. The standard InChI is InChI=1S/C20H25N3O2S/c1-4-23(5-2)17-11-9-16(10-12-17)21-20(26)22-19(24)15-7-13-18(14-8-15)25-6-3/h7-14H,4-6H2,1-3H3,(H2,21,22,24,26). The van der Waals surface area contributed by atoms with Gasteiger partial charge in [-0.1, -0.05) is 0 Å². The highest BCUT2D eigenvalue weighted by atomic mass is 32.1. The van der Waals surface area contributed by atoms with Crippen LogP contribution in [0.15, 0.2) is 48.5 Å². The maximum Gasteiger partial charge on any atom is 0.257 e. The van der Waals surface area contributed by atoms with Crippen molar-refractivity contribution in [2.75, 3.05) is 29.9 Å². The van der Waals surface area contributed by atoms with Crippen molar-refractivity contribution < 1.29 is 9.53 Å². The highest BCUT2D eigenvalue weighted by Gasteiger charge is 2.09. The first-order chi connectivity index (χ1) is 12.6. The fraction of sp³-hybridized carbons (Fsp3) is 0.300. The summed E-state index contributed by atoms with van der Waals surface area (Å²) in [6.45, 7) is 8.67. The third-order valence-corrected chi connectivity index (χ3v) is 4.11. The van der Waals surface area contributed by atoms with Crippen molar-refractivity contribution in [3.8, 4) is 5.75 Å². The van der Waals surface area contributed by atoms with E-state index in [1.807, 2.05) is 31.2 Å². The number of benzene rings is 2. The zero-order valence-corrected chi connectivity index (χ0v) is 16.2. The van der Waals surface area contributed by atoms with Gasteiger partial charge in [-0.2, -0.15) is 0 Å². The predicted molar refractivity (Wildman–Crippen MR) is 111 cm³/mol. The number of nitrogens with zero attached hydrogens (tertiary/aromatic N) is 1. The van der Waals surface area contributed by atoms with Crippen molar-refractivity contribution in [3.05, 3.63) is 54.1 Å². The van der Waals surface area contributed by atoms with Gasteiger partial charge >= 0.3 is 0 Å². The number of ether oxygens (including phenoxy) is 1. The quantitative estimate of drug-likeness (QED) is 0.719. The first-order valence-corrected chi connectivity index (χ1v) is 9.18. The van der Waals surface area contributed by atoms with Gasteiger partial charge in [-0.25, -0.2) is 0 Å². The van der Waals surface area contributed by atoms with E-state index in [1.54, 1.807) is 24.3 Å². The molecule has 0 aliphatic carbocycles. The number of hydrogen-bond acceptors (Lipinski definition) is 4. The summed E-state index contributed by atoms with van der Waals surface area (Å²) in [5, 5.41) is 5.98. The maximum absolute atomic E-state index is 12.2. The molecule has 138 valence electrons. The molecule has 2 rings (SSSR count). The van der Waals surface area contributed by atoms with E-state index in [4.69, 9.17) is 17.0 Å². The highest BCUT2D eigenvalue weighted by molar-refractivity contribution is 7.80. The number of carbonyl (C=O) groups excluding carboxylic acids is 1. The van der Waals surface area contributed by atoms with Crippen LogP contribution in [-0.4, -0.2) is 30.7 Å². The van der Waals surface area contributed by atoms with E-state index in [0.717, 1.165) is 30.2 Å². The molecule has 0 heterocycles. The molecule has 0 saturated heterocycles. The number of amides is 1. The van der Waals surface area contributed by atoms with Crippen LogP contribution in [0.5, 0.6) is 5.75 Å². The van der Waals surface area contributed by atoms with E-state index in [0.29, 0.717) is 12.2 Å². The lowest BCUT2D eigenvalue weighted by atomic mass is 10.2. The van der Waals surface area contributed by atoms with E-state index in [9.17, 15) is 4.79 Å². The molecule has 0 atom stereocenters. The average Bonchev–Trinajstić information content (AvgIpc) is 2.65. The fourth-order valence-corrected chi connectivity index (χ4v) is 2.76. The smallest absolute Gasteiger partial charge is 0.257 e. The van der Waals surface area contributed by atoms with Crippen LogP contribution in [0, 0.1) is 0 Å². The number of nitrogens with one attached hydrogen (secondary N) is 2. The normalized spacial score (nSPS) is 10.1. The van der Waals surface area contributed by atoms with E-state index < -0.39 is 0 Å². The Morgan fingerprint density at radius 2 is 1.62 bits per heavy atom. The Labute approximate surface area is 160 Å². The van der Waals surface area contributed by atoms with Crippen LogP contribution in [0.2, 0.25) is 0 Å². The lowest BCUT2D eigenvalue weighted by molar-refractivity contribution is 0.0977. The van der Waals surface area contributed by atoms with Crippen LogP contribution in [0.1, 0.15) is 31.1 Å². The average molecular weight is 372 g/mol. The van der Waals surface area contributed by atoms with Gasteiger partial charge in [-0.3, -0.25) is 10.1 Å². The van der Waals surface area contributed by atoms with Crippen molar-refractivity contribution in [3.63, 3.8) is 0 Å². The summed E-state index contributed by atoms with van der Waals surface area (Å²) in [4.78, 5) is 14.5. The summed E-state index contributed by atoms with van der Waals surface area (Å²) in [7, 11) is 0. The van der Waals surface area contributed by atoms with Gasteiger partial charge in [-0.05, 0) is 81.5 Å². The molecule has 0 saturated carbocycles. The van der Waals surface area contributed by atoms with Crippen molar-refractivity contribution in [1.82, 2.24) is 5.32 Å². The lowest BCUT2D eigenvalue weighted by Crippen LogP contribution is -2.34. The van der Waals surface area contributed by atoms with E-state index in [-0.39, 0.29) is 11.0 Å². The Morgan fingerprint density at radius 3 is 2.15 bits per heavy atom. The second-order valence-electron chi connectivity index (χ2n) is 5.58. The van der Waals surface area contributed by atoms with E-state index in [2.05, 4.69) is 29.4 Å². The zero-order valence-electron chi connectivity index (χ0n) is 15.4. The van der Waals surface area contributed by atoms with Crippen LogP contribution in [0.3, 0.4) is 0 Å². The van der Waals surface area contributed by atoms with E-state index in [1.165, 1.54) is 0 Å². The van der Waals surface area contributed by atoms with Crippen molar-refractivity contribution >= 4 is 34.6 Å². The summed E-state index contributed by atoms with van der Waals surface area (Å²) >= 11 is 5.23. The Morgan fingerprint density at radius 1 is 1.00 bits per heavy atom. The van der Waals surface area contributed by atoms with Gasteiger partial charge in [0.25, 0.3) is 5.91 Å². The zero-order chi connectivity index (χ0) is 18.9. The molecular formula is C20H25N3O2S. The second kappa shape index (κ2) is 9.77. The highest BCUT2D eigenvalue weighted by Crippen LogP contribution is 2.17. The van der Waals surface area contributed by atoms with Crippen LogP contribution in [-0.2, 0) is 0 Å². The molecule has 0 fully saturated rings. The predicted octanol–water partition coefficient (Wildman–Crippen LogP) is 4.06. The van der Waals surface area contributed by atoms with Gasteiger partial charge in [0, 0.05) is 30.0 Å². The molecule has 0 spiro atoms. The Hall–Kier alpha value is -2.60. The Balaban J connectivity index is 1.92. The summed E-state index contributed by atoms with van der Waals surface area (Å²) in [5.41, 5.74) is 2.51. The molecule has 1 amide bonds. The molecule has 2 aromatic rings. The van der Waals surface area contributed by atoms with Crippen LogP contribution < -0.4 is 20.3 Å². The number of carbonyl (C=O) groups is 1. The molecule has 0 bridgehead atoms. The Bertz CT molecular complexity index is 726. The topological polar surface area (TPSA) is 53.6 Å². The summed E-state index contributed by atoms with van der Waals surface area (Å²) < 4.78 is 5.37. The number of anilines is 2. The third kappa shape index (κ3) is 5.46. The van der Waals surface area contributed by atoms with Gasteiger partial charge in [0.15, 0.2) is 5.11 Å². The number of rotatable bonds is 7. The third-order valence-electron chi connectivity index (χ3n) is 3.91. The molecule has 0 radical (unpaired) electrons. The SMILES string of the molecule is CCOc1ccc(C(=O)NC(=S)Nc2ccc(N(CC)CC)cc2)cc1. The van der Waals surface area contributed by atoms with Crippen molar-refractivity contribution in [2.45, 2.75) is 20.8 Å². The molecule has 5 nitrogen and oxygen atoms in total. The largest absolute Gasteiger partial charge is 0.494 e. The van der Waals surface area contributed by atoms with Crippen LogP contribution >= 0.6 is 12.2 Å². The van der Waals surface area contributed by atoms with Gasteiger partial charge in [0.1, 0.15) is 5.75 Å². The van der Waals surface area contributed by atoms with Gasteiger partial charge in [-0.15, -0.1) is 0 Å². The summed E-state index contributed by atoms with van der Waals surface area (Å²) in [5.74, 6) is 0.475. The molecule has 0 aliphatic heterocycles. The molecular weight excluding hydrogens is 346 g/mol. The second-order valence-corrected chi connectivity index (χ2v) is 5.99. The molecule has 6 heteroatoms. The molecule has 26 heavy (non-hydrogen) atoms. The molecule has 2 N–H and O–H groups in total. The molecule has 0 aromatic heterocycles. The van der Waals surface area contributed by atoms with Gasteiger partial charge < -0.3 is 15.0 Å². The minimum atomic E-state index is -0.259. The van der Waals surface area contributed by atoms with Gasteiger partial charge in [0.2, 0.25) is 0 Å². The maximum atomic E-state index is 12.2. The number of thiocarbonyl (C=S) groups is 1. The first kappa shape index (κ1) is 19.7. The van der Waals surface area contributed by atoms with Crippen LogP contribution in [0.25, 0.3) is 0 Å². The molecule has 2 aromatic carbocycles. The van der Waals surface area contributed by atoms with Crippen molar-refractivity contribution in [1.29, 1.82) is 0 Å². The van der Waals surface area contributed by atoms with Crippen LogP contribution in [0.4, 0.5) is 11.4 Å². The fourth-order valence-electron chi connectivity index (χ4n) is 2.55. The molecule has 0 unspecified atom stereocenters. The van der Waals surface area contributed by atoms with Crippen molar-refractivity contribution in [2.24, 2.45) is 0 Å². The van der Waals surface area contributed by atoms with Gasteiger partial charge in [0.05, 0.1) is 6.61 Å². The monoisotopic (exact) mass is 371 g/mol.